The Labute approximate surface area is 203 Å². The molecular weight excluding hydrogens is 500 g/mol. The Morgan fingerprint density at radius 2 is 1.67 bits per heavy atom. The molecule has 1 aliphatic rings. The van der Waals surface area contributed by atoms with Crippen LogP contribution in [0.5, 0.6) is 0 Å². The number of thiophene rings is 1. The molecule has 33 heavy (non-hydrogen) atoms. The van der Waals surface area contributed by atoms with Gasteiger partial charge in [-0.2, -0.15) is 0 Å². The molecule has 2 heterocycles. The van der Waals surface area contributed by atoms with E-state index < -0.39 is 0 Å². The summed E-state index contributed by atoms with van der Waals surface area (Å²) < 4.78 is 0.837. The first kappa shape index (κ1) is 21.6. The van der Waals surface area contributed by atoms with Crippen LogP contribution in [0.4, 0.5) is 5.69 Å². The molecule has 5 nitrogen and oxygen atoms in total. The average Bonchev–Trinajstić information content (AvgIpc) is 3.36. The number of rotatable bonds is 5. The number of hydrogen-bond donors (Lipinski definition) is 0. The van der Waals surface area contributed by atoms with Gasteiger partial charge in [0.15, 0.2) is 0 Å². The third-order valence-electron chi connectivity index (χ3n) is 5.81. The van der Waals surface area contributed by atoms with Crippen LogP contribution in [0, 0.1) is 6.92 Å². The Bertz CT molecular complexity index is 1380. The highest BCUT2D eigenvalue weighted by atomic mass is 79.9. The molecule has 0 aliphatic carbocycles. The number of amides is 3. The highest BCUT2D eigenvalue weighted by molar-refractivity contribution is 9.10. The molecule has 0 spiro atoms. The average molecular weight is 519 g/mol. The molecule has 0 saturated carbocycles. The summed E-state index contributed by atoms with van der Waals surface area (Å²) in [5.41, 5.74) is 2.80. The van der Waals surface area contributed by atoms with Crippen molar-refractivity contribution >= 4 is 61.4 Å². The fourth-order valence-electron chi connectivity index (χ4n) is 4.12. The molecule has 0 atom stereocenters. The van der Waals surface area contributed by atoms with Gasteiger partial charge in [0, 0.05) is 39.8 Å². The van der Waals surface area contributed by atoms with Gasteiger partial charge in [0.1, 0.15) is 0 Å². The monoisotopic (exact) mass is 518 g/mol. The fraction of sp³-hybridized carbons (Fsp3) is 0.115. The molecule has 0 bridgehead atoms. The molecule has 0 radical (unpaired) electrons. The molecule has 164 valence electrons. The normalized spacial score (nSPS) is 13.0. The van der Waals surface area contributed by atoms with Crippen LogP contribution in [-0.4, -0.2) is 35.7 Å². The smallest absolute Gasteiger partial charge is 0.268 e. The van der Waals surface area contributed by atoms with E-state index in [1.54, 1.807) is 23.1 Å². The van der Waals surface area contributed by atoms with Crippen LogP contribution in [0.1, 0.15) is 36.0 Å². The van der Waals surface area contributed by atoms with Crippen LogP contribution >= 0.6 is 27.3 Å². The van der Waals surface area contributed by atoms with Crippen LogP contribution in [0.3, 0.4) is 0 Å². The van der Waals surface area contributed by atoms with Crippen molar-refractivity contribution in [3.63, 3.8) is 0 Å². The van der Waals surface area contributed by atoms with Crippen LogP contribution in [-0.2, 0) is 0 Å². The van der Waals surface area contributed by atoms with Crippen molar-refractivity contribution in [2.45, 2.75) is 6.92 Å². The third kappa shape index (κ3) is 3.77. The van der Waals surface area contributed by atoms with Crippen molar-refractivity contribution in [2.75, 3.05) is 18.0 Å². The first-order valence-electron chi connectivity index (χ1n) is 10.4. The predicted molar refractivity (Wildman–Crippen MR) is 134 cm³/mol. The Balaban J connectivity index is 1.48. The SMILES string of the molecule is Cc1ccc(N(CCN2C(=O)c3cccc4c(Br)ccc(c34)C2=O)C(=O)c2cccs2)cc1. The Morgan fingerprint density at radius 1 is 0.939 bits per heavy atom. The number of aryl methyl sites for hydroxylation is 1. The largest absolute Gasteiger partial charge is 0.306 e. The molecule has 5 rings (SSSR count). The fourth-order valence-corrected chi connectivity index (χ4v) is 5.25. The van der Waals surface area contributed by atoms with Crippen molar-refractivity contribution in [2.24, 2.45) is 0 Å². The van der Waals surface area contributed by atoms with Crippen molar-refractivity contribution in [3.8, 4) is 0 Å². The van der Waals surface area contributed by atoms with E-state index in [0.717, 1.165) is 21.1 Å². The number of nitrogens with zero attached hydrogens (tertiary/aromatic N) is 2. The van der Waals surface area contributed by atoms with E-state index in [9.17, 15) is 14.4 Å². The summed E-state index contributed by atoms with van der Waals surface area (Å²) in [6.07, 6.45) is 0. The number of hydrogen-bond acceptors (Lipinski definition) is 4. The molecule has 3 aromatic carbocycles. The predicted octanol–water partition coefficient (Wildman–Crippen LogP) is 5.92. The van der Waals surface area contributed by atoms with Gasteiger partial charge in [-0.1, -0.05) is 51.8 Å². The second kappa shape index (κ2) is 8.57. The Morgan fingerprint density at radius 3 is 2.36 bits per heavy atom. The molecule has 0 fully saturated rings. The van der Waals surface area contributed by atoms with Gasteiger partial charge in [0.25, 0.3) is 17.7 Å². The molecule has 1 aromatic heterocycles. The molecule has 7 heteroatoms. The lowest BCUT2D eigenvalue weighted by Crippen LogP contribution is -2.45. The summed E-state index contributed by atoms with van der Waals surface area (Å²) in [6.45, 7) is 2.27. The van der Waals surface area contributed by atoms with E-state index >= 15 is 0 Å². The maximum Gasteiger partial charge on any atom is 0.268 e. The first-order chi connectivity index (χ1) is 16.0. The lowest BCUT2D eigenvalue weighted by Gasteiger charge is -2.30. The molecule has 3 amide bonds. The second-order valence-electron chi connectivity index (χ2n) is 7.85. The van der Waals surface area contributed by atoms with Crippen LogP contribution < -0.4 is 4.90 Å². The van der Waals surface area contributed by atoms with E-state index in [4.69, 9.17) is 0 Å². The lowest BCUT2D eigenvalue weighted by atomic mass is 9.94. The molecule has 1 aliphatic heterocycles. The number of carbonyl (C=O) groups excluding carboxylic acids is 3. The quantitative estimate of drug-likeness (QED) is 0.308. The van der Waals surface area contributed by atoms with Gasteiger partial charge in [-0.05, 0) is 54.1 Å². The number of anilines is 1. The summed E-state index contributed by atoms with van der Waals surface area (Å²) in [5.74, 6) is -0.843. The first-order valence-corrected chi connectivity index (χ1v) is 12.1. The number of imide groups is 1. The summed E-state index contributed by atoms with van der Waals surface area (Å²) in [7, 11) is 0. The van der Waals surface area contributed by atoms with Gasteiger partial charge in [0.2, 0.25) is 0 Å². The Hall–Kier alpha value is -3.29. The minimum atomic E-state index is -0.344. The third-order valence-corrected chi connectivity index (χ3v) is 7.36. The van der Waals surface area contributed by atoms with E-state index in [-0.39, 0.29) is 30.8 Å². The Kier molecular flexibility index (Phi) is 5.60. The summed E-state index contributed by atoms with van der Waals surface area (Å²) in [4.78, 5) is 43.3. The summed E-state index contributed by atoms with van der Waals surface area (Å²) >= 11 is 4.87. The molecule has 0 unspecified atom stereocenters. The maximum absolute atomic E-state index is 13.3. The van der Waals surface area contributed by atoms with Gasteiger partial charge in [-0.25, -0.2) is 0 Å². The van der Waals surface area contributed by atoms with E-state index in [2.05, 4.69) is 15.9 Å². The van der Waals surface area contributed by atoms with Crippen molar-refractivity contribution in [1.82, 2.24) is 4.90 Å². The topological polar surface area (TPSA) is 57.7 Å². The van der Waals surface area contributed by atoms with E-state index in [0.29, 0.717) is 21.4 Å². The van der Waals surface area contributed by atoms with E-state index in [1.165, 1.54) is 16.2 Å². The van der Waals surface area contributed by atoms with Crippen molar-refractivity contribution in [3.05, 3.63) is 98.2 Å². The van der Waals surface area contributed by atoms with Crippen molar-refractivity contribution in [1.29, 1.82) is 0 Å². The highest BCUT2D eigenvalue weighted by Gasteiger charge is 2.33. The minimum absolute atomic E-state index is 0.0918. The standard InChI is InChI=1S/C26H19BrN2O3S/c1-16-7-9-17(10-8-16)28(26(32)22-6-3-15-33-22)13-14-29-24(30)19-5-2-4-18-21(27)12-11-20(23(18)19)25(29)31/h2-12,15H,13-14H2,1H3. The van der Waals surface area contributed by atoms with Crippen LogP contribution in [0.25, 0.3) is 10.8 Å². The summed E-state index contributed by atoms with van der Waals surface area (Å²) in [5, 5.41) is 3.36. The zero-order chi connectivity index (χ0) is 23.1. The second-order valence-corrected chi connectivity index (χ2v) is 9.66. The van der Waals surface area contributed by atoms with Gasteiger partial charge < -0.3 is 4.90 Å². The summed E-state index contributed by atoms with van der Waals surface area (Å²) in [6, 6.07) is 20.3. The number of benzene rings is 3. The zero-order valence-corrected chi connectivity index (χ0v) is 20.2. The van der Waals surface area contributed by atoms with Crippen LogP contribution in [0.2, 0.25) is 0 Å². The number of halogens is 1. The van der Waals surface area contributed by atoms with Gasteiger partial charge in [-0.15, -0.1) is 11.3 Å². The highest BCUT2D eigenvalue weighted by Crippen LogP contribution is 2.34. The van der Waals surface area contributed by atoms with Crippen LogP contribution in [0.15, 0.2) is 76.6 Å². The van der Waals surface area contributed by atoms with Gasteiger partial charge >= 0.3 is 0 Å². The minimum Gasteiger partial charge on any atom is -0.306 e. The lowest BCUT2D eigenvalue weighted by molar-refractivity contribution is 0.0611. The molecule has 0 saturated heterocycles. The number of carbonyl (C=O) groups is 3. The molecule has 0 N–H and O–H groups in total. The van der Waals surface area contributed by atoms with Gasteiger partial charge in [-0.3, -0.25) is 19.3 Å². The molecular formula is C26H19BrN2O3S. The van der Waals surface area contributed by atoms with Crippen molar-refractivity contribution < 1.29 is 14.4 Å². The maximum atomic E-state index is 13.3. The van der Waals surface area contributed by atoms with E-state index in [1.807, 2.05) is 60.8 Å². The van der Waals surface area contributed by atoms with Gasteiger partial charge in [0.05, 0.1) is 4.88 Å². The molecule has 4 aromatic rings. The zero-order valence-electron chi connectivity index (χ0n) is 17.7.